The van der Waals surface area contributed by atoms with Gasteiger partial charge in [-0.25, -0.2) is 0 Å². The molecule has 3 rings (SSSR count). The van der Waals surface area contributed by atoms with Crippen molar-refractivity contribution in [1.82, 2.24) is 9.78 Å². The Kier molecular flexibility index (Phi) is 6.64. The molecule has 1 saturated carbocycles. The van der Waals surface area contributed by atoms with E-state index in [0.29, 0.717) is 23.8 Å². The number of rotatable bonds is 7. The minimum absolute atomic E-state index is 0.0195. The van der Waals surface area contributed by atoms with Crippen LogP contribution in [0.5, 0.6) is 0 Å². The van der Waals surface area contributed by atoms with Gasteiger partial charge in [-0.15, -0.1) is 0 Å². The maximum absolute atomic E-state index is 12.5. The van der Waals surface area contributed by atoms with E-state index in [1.165, 1.54) is 36.9 Å². The molecular weight excluding hydrogens is 384 g/mol. The highest BCUT2D eigenvalue weighted by atomic mass is 35.5. The van der Waals surface area contributed by atoms with Crippen molar-refractivity contribution in [3.05, 3.63) is 56.0 Å². The van der Waals surface area contributed by atoms with E-state index in [1.54, 1.807) is 0 Å². The molecule has 150 valence electrons. The molecule has 0 amide bonds. The minimum Gasteiger partial charge on any atom is -0.393 e. The predicted molar refractivity (Wildman–Crippen MR) is 107 cm³/mol. The Balaban J connectivity index is 1.62. The summed E-state index contributed by atoms with van der Waals surface area (Å²) in [7, 11) is 0. The van der Waals surface area contributed by atoms with Crippen LogP contribution < -0.4 is 10.9 Å². The van der Waals surface area contributed by atoms with Gasteiger partial charge in [0.25, 0.3) is 11.2 Å². The first-order chi connectivity index (χ1) is 13.5. The fourth-order valence-electron chi connectivity index (χ4n) is 3.57. The van der Waals surface area contributed by atoms with Crippen LogP contribution in [0.2, 0.25) is 5.02 Å². The highest BCUT2D eigenvalue weighted by molar-refractivity contribution is 6.32. The number of halogens is 1. The van der Waals surface area contributed by atoms with E-state index in [2.05, 4.69) is 10.4 Å². The number of benzene rings is 1. The van der Waals surface area contributed by atoms with Crippen LogP contribution in [0, 0.1) is 16.0 Å². The van der Waals surface area contributed by atoms with Crippen LogP contribution in [-0.4, -0.2) is 32.5 Å². The summed E-state index contributed by atoms with van der Waals surface area (Å²) in [5, 5.41) is 28.0. The number of aromatic nitrogens is 2. The topological polar surface area (TPSA) is 110 Å². The Morgan fingerprint density at radius 2 is 2.00 bits per heavy atom. The van der Waals surface area contributed by atoms with Gasteiger partial charge in [0.05, 0.1) is 28.6 Å². The molecule has 2 aromatic rings. The summed E-state index contributed by atoms with van der Waals surface area (Å²) in [5.74, 6) is 0.347. The molecule has 1 aromatic carbocycles. The molecule has 0 aliphatic heterocycles. The Bertz CT molecular complexity index is 884. The number of nitro groups is 1. The Hall–Kier alpha value is -2.45. The zero-order valence-electron chi connectivity index (χ0n) is 15.4. The molecule has 9 heteroatoms. The van der Waals surface area contributed by atoms with Crippen LogP contribution in [0.1, 0.15) is 38.5 Å². The summed E-state index contributed by atoms with van der Waals surface area (Å²) >= 11 is 6.20. The van der Waals surface area contributed by atoms with Gasteiger partial charge in [-0.3, -0.25) is 14.9 Å². The van der Waals surface area contributed by atoms with Crippen LogP contribution >= 0.6 is 11.6 Å². The van der Waals surface area contributed by atoms with E-state index in [0.717, 1.165) is 36.8 Å². The predicted octanol–water partition coefficient (Wildman–Crippen LogP) is 3.54. The number of nitro benzene ring substituents is 1. The monoisotopic (exact) mass is 406 g/mol. The van der Waals surface area contributed by atoms with Crippen molar-refractivity contribution in [2.45, 2.75) is 44.6 Å². The van der Waals surface area contributed by atoms with Gasteiger partial charge in [0, 0.05) is 18.7 Å². The van der Waals surface area contributed by atoms with Crippen molar-refractivity contribution in [3.63, 3.8) is 0 Å². The highest BCUT2D eigenvalue weighted by Crippen LogP contribution is 2.28. The maximum Gasteiger partial charge on any atom is 0.292 e. The Labute approximate surface area is 167 Å². The van der Waals surface area contributed by atoms with E-state index in [1.807, 2.05) is 0 Å². The van der Waals surface area contributed by atoms with Gasteiger partial charge in [0.1, 0.15) is 5.02 Å². The molecule has 2 N–H and O–H groups in total. The molecular formula is C19H23ClN4O4. The second-order valence-electron chi connectivity index (χ2n) is 7.04. The van der Waals surface area contributed by atoms with Gasteiger partial charge in [-0.1, -0.05) is 24.4 Å². The third-order valence-corrected chi connectivity index (χ3v) is 5.53. The molecule has 2 unspecified atom stereocenters. The van der Waals surface area contributed by atoms with Gasteiger partial charge in [-0.05, 0) is 43.7 Å². The van der Waals surface area contributed by atoms with E-state index < -0.39 is 10.5 Å². The Morgan fingerprint density at radius 1 is 1.29 bits per heavy atom. The van der Waals surface area contributed by atoms with Gasteiger partial charge in [0.15, 0.2) is 0 Å². The maximum atomic E-state index is 12.5. The van der Waals surface area contributed by atoms with Gasteiger partial charge >= 0.3 is 0 Å². The Morgan fingerprint density at radius 3 is 2.68 bits per heavy atom. The number of hydrogen-bond donors (Lipinski definition) is 2. The van der Waals surface area contributed by atoms with E-state index >= 15 is 0 Å². The largest absolute Gasteiger partial charge is 0.393 e. The van der Waals surface area contributed by atoms with Crippen molar-refractivity contribution >= 4 is 23.0 Å². The third kappa shape index (κ3) is 4.69. The molecule has 8 nitrogen and oxygen atoms in total. The fourth-order valence-corrected chi connectivity index (χ4v) is 3.76. The lowest BCUT2D eigenvalue weighted by Gasteiger charge is -2.27. The first-order valence-electron chi connectivity index (χ1n) is 9.42. The fraction of sp³-hybridized carbons (Fsp3) is 0.474. The number of aliphatic hydroxyl groups is 1. The zero-order valence-corrected chi connectivity index (χ0v) is 16.1. The van der Waals surface area contributed by atoms with Crippen molar-refractivity contribution in [3.8, 4) is 5.69 Å². The summed E-state index contributed by atoms with van der Waals surface area (Å²) in [4.78, 5) is 22.7. The van der Waals surface area contributed by atoms with E-state index in [4.69, 9.17) is 11.6 Å². The van der Waals surface area contributed by atoms with Crippen LogP contribution in [-0.2, 0) is 0 Å². The smallest absolute Gasteiger partial charge is 0.292 e. The van der Waals surface area contributed by atoms with Crippen molar-refractivity contribution < 1.29 is 10.0 Å². The SMILES string of the molecule is O=c1c(Cl)c(NCCCC2CCCCC2O)cnn1-c1ccc([N+](=O)[O-])cc1. The second kappa shape index (κ2) is 9.16. The number of nitrogens with one attached hydrogen (secondary N) is 1. The van der Waals surface area contributed by atoms with E-state index in [-0.39, 0.29) is 16.8 Å². The molecule has 0 radical (unpaired) electrons. The number of anilines is 1. The van der Waals surface area contributed by atoms with Gasteiger partial charge in [0.2, 0.25) is 0 Å². The number of non-ortho nitro benzene ring substituents is 1. The molecule has 1 fully saturated rings. The number of nitrogens with zero attached hydrogens (tertiary/aromatic N) is 3. The van der Waals surface area contributed by atoms with Crippen molar-refractivity contribution in [2.75, 3.05) is 11.9 Å². The standard InChI is InChI=1S/C19H23ClN4O4/c20-18-16(21-11-3-5-13-4-1-2-6-17(13)25)12-22-23(19(18)26)14-7-9-15(10-8-14)24(27)28/h7-10,12-13,17,21,25H,1-6,11H2. The zero-order chi connectivity index (χ0) is 20.1. The minimum atomic E-state index is -0.508. The summed E-state index contributed by atoms with van der Waals surface area (Å²) in [6.07, 6.45) is 7.28. The average molecular weight is 407 g/mol. The lowest BCUT2D eigenvalue weighted by atomic mass is 9.83. The van der Waals surface area contributed by atoms with E-state index in [9.17, 15) is 20.0 Å². The highest BCUT2D eigenvalue weighted by Gasteiger charge is 2.22. The molecule has 0 spiro atoms. The quantitative estimate of drug-likeness (QED) is 0.413. The van der Waals surface area contributed by atoms with Gasteiger partial charge in [-0.2, -0.15) is 9.78 Å². The lowest BCUT2D eigenvalue weighted by Crippen LogP contribution is -2.25. The molecule has 1 aliphatic carbocycles. The van der Waals surface area contributed by atoms with Crippen LogP contribution in [0.4, 0.5) is 11.4 Å². The third-order valence-electron chi connectivity index (χ3n) is 5.16. The molecule has 0 bridgehead atoms. The summed E-state index contributed by atoms with van der Waals surface area (Å²) < 4.78 is 1.11. The van der Waals surface area contributed by atoms with Crippen LogP contribution in [0.25, 0.3) is 5.69 Å². The summed E-state index contributed by atoms with van der Waals surface area (Å²) in [5.41, 5.74) is 0.289. The molecule has 1 heterocycles. The first-order valence-corrected chi connectivity index (χ1v) is 9.80. The van der Waals surface area contributed by atoms with Gasteiger partial charge < -0.3 is 10.4 Å². The number of hydrogen-bond acceptors (Lipinski definition) is 6. The van der Waals surface area contributed by atoms with Crippen molar-refractivity contribution in [2.24, 2.45) is 5.92 Å². The molecule has 2 atom stereocenters. The lowest BCUT2D eigenvalue weighted by molar-refractivity contribution is -0.384. The molecule has 1 aromatic heterocycles. The summed E-state index contributed by atoms with van der Waals surface area (Å²) in [6, 6.07) is 5.52. The van der Waals surface area contributed by atoms with Crippen LogP contribution in [0.15, 0.2) is 35.3 Å². The summed E-state index contributed by atoms with van der Waals surface area (Å²) in [6.45, 7) is 0.631. The molecule has 0 saturated heterocycles. The average Bonchev–Trinajstić information content (AvgIpc) is 2.70. The number of aliphatic hydroxyl groups excluding tert-OH is 1. The van der Waals surface area contributed by atoms with Crippen LogP contribution in [0.3, 0.4) is 0 Å². The molecule has 1 aliphatic rings. The second-order valence-corrected chi connectivity index (χ2v) is 7.42. The first kappa shape index (κ1) is 20.3. The van der Waals surface area contributed by atoms with Crippen molar-refractivity contribution in [1.29, 1.82) is 0 Å². The molecule has 28 heavy (non-hydrogen) atoms. The normalized spacial score (nSPS) is 19.4.